The maximum Gasteiger partial charge on any atom is 0.335 e. The summed E-state index contributed by atoms with van der Waals surface area (Å²) in [5, 5.41) is 17.2. The van der Waals surface area contributed by atoms with Crippen molar-refractivity contribution in [3.05, 3.63) is 46.2 Å². The number of aromatic carboxylic acids is 1. The Morgan fingerprint density at radius 2 is 1.92 bits per heavy atom. The number of carboxylic acids is 1. The topological polar surface area (TPSA) is 78.8 Å². The second-order valence-electron chi connectivity index (χ2n) is 5.85. The summed E-state index contributed by atoms with van der Waals surface area (Å²) in [5.41, 5.74) is 1.02. The smallest absolute Gasteiger partial charge is 0.335 e. The molecule has 1 aromatic carbocycles. The molecule has 1 N–H and O–H groups in total. The van der Waals surface area contributed by atoms with Gasteiger partial charge in [0.15, 0.2) is 10.3 Å². The molecular formula is C17H18Cl2N4O3. The first-order valence-electron chi connectivity index (χ1n) is 8.15. The molecule has 0 bridgehead atoms. The van der Waals surface area contributed by atoms with Crippen molar-refractivity contribution in [3.8, 4) is 5.75 Å². The number of piperazine rings is 1. The van der Waals surface area contributed by atoms with Gasteiger partial charge in [0.25, 0.3) is 0 Å². The van der Waals surface area contributed by atoms with Gasteiger partial charge in [-0.25, -0.2) is 4.79 Å². The predicted molar refractivity (Wildman–Crippen MR) is 99.6 cm³/mol. The third-order valence-electron chi connectivity index (χ3n) is 4.17. The van der Waals surface area contributed by atoms with E-state index in [0.29, 0.717) is 22.7 Å². The van der Waals surface area contributed by atoms with Crippen LogP contribution < -0.4 is 9.64 Å². The van der Waals surface area contributed by atoms with E-state index in [9.17, 15) is 4.79 Å². The molecule has 0 unspecified atom stereocenters. The summed E-state index contributed by atoms with van der Waals surface area (Å²) in [4.78, 5) is 15.4. The van der Waals surface area contributed by atoms with Crippen molar-refractivity contribution in [2.24, 2.45) is 0 Å². The van der Waals surface area contributed by atoms with Crippen LogP contribution in [0.5, 0.6) is 5.75 Å². The van der Waals surface area contributed by atoms with E-state index >= 15 is 0 Å². The highest BCUT2D eigenvalue weighted by atomic mass is 35.5. The molecule has 0 radical (unpaired) electrons. The SMILES string of the molecule is O=C(O)c1cccc(OCCN2CCN(c3cc(Cl)nnc3Cl)CC2)c1. The molecule has 0 spiro atoms. The summed E-state index contributed by atoms with van der Waals surface area (Å²) in [6.07, 6.45) is 0. The number of nitrogens with zero attached hydrogens (tertiary/aromatic N) is 4. The predicted octanol–water partition coefficient (Wildman–Crippen LogP) is 2.68. The lowest BCUT2D eigenvalue weighted by molar-refractivity contribution is 0.0696. The number of anilines is 1. The number of ether oxygens (including phenoxy) is 1. The second kappa shape index (κ2) is 8.53. The molecule has 2 heterocycles. The molecule has 0 saturated carbocycles. The van der Waals surface area contributed by atoms with Crippen molar-refractivity contribution < 1.29 is 14.6 Å². The van der Waals surface area contributed by atoms with Gasteiger partial charge in [-0.3, -0.25) is 4.90 Å². The molecule has 1 aliphatic heterocycles. The molecule has 1 saturated heterocycles. The lowest BCUT2D eigenvalue weighted by Gasteiger charge is -2.36. The van der Waals surface area contributed by atoms with Crippen molar-refractivity contribution in [2.45, 2.75) is 0 Å². The average molecular weight is 397 g/mol. The van der Waals surface area contributed by atoms with E-state index in [4.69, 9.17) is 33.0 Å². The lowest BCUT2D eigenvalue weighted by atomic mass is 10.2. The monoisotopic (exact) mass is 396 g/mol. The zero-order chi connectivity index (χ0) is 18.5. The summed E-state index contributed by atoms with van der Waals surface area (Å²) in [6.45, 7) is 4.57. The number of benzene rings is 1. The van der Waals surface area contributed by atoms with Gasteiger partial charge in [0.2, 0.25) is 0 Å². The van der Waals surface area contributed by atoms with Crippen molar-refractivity contribution in [1.29, 1.82) is 0 Å². The van der Waals surface area contributed by atoms with E-state index in [1.165, 1.54) is 6.07 Å². The van der Waals surface area contributed by atoms with Gasteiger partial charge >= 0.3 is 5.97 Å². The molecule has 7 nitrogen and oxygen atoms in total. The molecule has 2 aromatic rings. The number of carbonyl (C=O) groups is 1. The van der Waals surface area contributed by atoms with Crippen molar-refractivity contribution in [1.82, 2.24) is 15.1 Å². The molecular weight excluding hydrogens is 379 g/mol. The largest absolute Gasteiger partial charge is 0.492 e. The molecule has 1 aromatic heterocycles. The summed E-state index contributed by atoms with van der Waals surface area (Å²) < 4.78 is 5.67. The van der Waals surface area contributed by atoms with Crippen LogP contribution >= 0.6 is 23.2 Å². The quantitative estimate of drug-likeness (QED) is 0.803. The first kappa shape index (κ1) is 18.7. The number of hydrogen-bond donors (Lipinski definition) is 1. The van der Waals surface area contributed by atoms with Gasteiger partial charge in [0, 0.05) is 38.8 Å². The van der Waals surface area contributed by atoms with Crippen molar-refractivity contribution in [2.75, 3.05) is 44.2 Å². The van der Waals surface area contributed by atoms with E-state index in [1.807, 2.05) is 0 Å². The van der Waals surface area contributed by atoms with Crippen LogP contribution in [0.15, 0.2) is 30.3 Å². The maximum atomic E-state index is 11.0. The number of carboxylic acid groups (broad SMARTS) is 1. The molecule has 1 fully saturated rings. The Kier molecular flexibility index (Phi) is 6.13. The molecule has 0 aliphatic carbocycles. The fourth-order valence-electron chi connectivity index (χ4n) is 2.79. The molecule has 1 aliphatic rings. The molecule has 0 amide bonds. The number of aromatic nitrogens is 2. The highest BCUT2D eigenvalue weighted by molar-refractivity contribution is 6.33. The van der Waals surface area contributed by atoms with Crippen LogP contribution in [0.3, 0.4) is 0 Å². The zero-order valence-corrected chi connectivity index (χ0v) is 15.4. The fraction of sp³-hybridized carbons (Fsp3) is 0.353. The Labute approximate surface area is 161 Å². The van der Waals surface area contributed by atoms with Crippen LogP contribution in [0.1, 0.15) is 10.4 Å². The Hall–Kier alpha value is -2.09. The Bertz CT molecular complexity index is 782. The third-order valence-corrected chi connectivity index (χ3v) is 4.62. The van der Waals surface area contributed by atoms with Crippen LogP contribution in [-0.4, -0.2) is 65.5 Å². The van der Waals surface area contributed by atoms with Gasteiger partial charge in [0.05, 0.1) is 11.3 Å². The number of halogens is 2. The molecule has 0 atom stereocenters. The van der Waals surface area contributed by atoms with E-state index < -0.39 is 5.97 Å². The average Bonchev–Trinajstić information content (AvgIpc) is 2.65. The lowest BCUT2D eigenvalue weighted by Crippen LogP contribution is -2.47. The summed E-state index contributed by atoms with van der Waals surface area (Å²) in [7, 11) is 0. The van der Waals surface area contributed by atoms with Crippen LogP contribution in [0.2, 0.25) is 10.3 Å². The van der Waals surface area contributed by atoms with Gasteiger partial charge in [-0.05, 0) is 18.2 Å². The number of rotatable bonds is 6. The minimum atomic E-state index is -0.962. The normalized spacial score (nSPS) is 15.1. The molecule has 138 valence electrons. The first-order valence-corrected chi connectivity index (χ1v) is 8.91. The van der Waals surface area contributed by atoms with Crippen molar-refractivity contribution in [3.63, 3.8) is 0 Å². The Morgan fingerprint density at radius 1 is 1.15 bits per heavy atom. The van der Waals surface area contributed by atoms with Crippen LogP contribution in [0, 0.1) is 0 Å². The summed E-state index contributed by atoms with van der Waals surface area (Å²) in [5.74, 6) is -0.399. The van der Waals surface area contributed by atoms with E-state index in [-0.39, 0.29) is 5.56 Å². The van der Waals surface area contributed by atoms with E-state index in [1.54, 1.807) is 24.3 Å². The van der Waals surface area contributed by atoms with Gasteiger partial charge in [0.1, 0.15) is 12.4 Å². The fourth-order valence-corrected chi connectivity index (χ4v) is 3.14. The summed E-state index contributed by atoms with van der Waals surface area (Å²) in [6, 6.07) is 8.23. The zero-order valence-electron chi connectivity index (χ0n) is 13.9. The first-order chi connectivity index (χ1) is 12.5. The standard InChI is InChI=1S/C17H18Cl2N4O3/c18-15-11-14(16(19)21-20-15)23-6-4-22(5-7-23)8-9-26-13-3-1-2-12(10-13)17(24)25/h1-3,10-11H,4-9H2,(H,24,25). The minimum absolute atomic E-state index is 0.220. The van der Waals surface area contributed by atoms with Gasteiger partial charge in [-0.15, -0.1) is 10.2 Å². The second-order valence-corrected chi connectivity index (χ2v) is 6.60. The van der Waals surface area contributed by atoms with Crippen LogP contribution in [-0.2, 0) is 0 Å². The molecule has 26 heavy (non-hydrogen) atoms. The Morgan fingerprint density at radius 3 is 2.65 bits per heavy atom. The molecule has 9 heteroatoms. The van der Waals surface area contributed by atoms with Crippen LogP contribution in [0.25, 0.3) is 0 Å². The van der Waals surface area contributed by atoms with E-state index in [2.05, 4.69) is 20.0 Å². The summed E-state index contributed by atoms with van der Waals surface area (Å²) >= 11 is 12.0. The van der Waals surface area contributed by atoms with E-state index in [0.717, 1.165) is 38.4 Å². The minimum Gasteiger partial charge on any atom is -0.492 e. The highest BCUT2D eigenvalue weighted by Gasteiger charge is 2.20. The maximum absolute atomic E-state index is 11.0. The van der Waals surface area contributed by atoms with Gasteiger partial charge in [-0.2, -0.15) is 0 Å². The highest BCUT2D eigenvalue weighted by Crippen LogP contribution is 2.26. The third kappa shape index (κ3) is 4.75. The van der Waals surface area contributed by atoms with Gasteiger partial charge in [-0.1, -0.05) is 29.3 Å². The van der Waals surface area contributed by atoms with Crippen LogP contribution in [0.4, 0.5) is 5.69 Å². The Balaban J connectivity index is 1.46. The molecule has 3 rings (SSSR count). The van der Waals surface area contributed by atoms with Gasteiger partial charge < -0.3 is 14.7 Å². The van der Waals surface area contributed by atoms with Crippen molar-refractivity contribution >= 4 is 34.9 Å². The number of hydrogen-bond acceptors (Lipinski definition) is 6.